The van der Waals surface area contributed by atoms with Crippen LogP contribution in [-0.4, -0.2) is 29.8 Å². The fourth-order valence-corrected chi connectivity index (χ4v) is 1.67. The number of Topliss-reactive ketones (excluding diaryl/α,β-unsaturated/α-hetero) is 1. The van der Waals surface area contributed by atoms with E-state index in [1.165, 1.54) is 14.0 Å². The van der Waals surface area contributed by atoms with E-state index in [1.54, 1.807) is 6.92 Å². The van der Waals surface area contributed by atoms with Crippen molar-refractivity contribution in [2.75, 3.05) is 7.11 Å². The number of carbonyl (C=O) groups excluding carboxylic acids is 3. The Morgan fingerprint density at radius 3 is 2.35 bits per heavy atom. The summed E-state index contributed by atoms with van der Waals surface area (Å²) in [7, 11) is 1.19. The lowest BCUT2D eigenvalue weighted by molar-refractivity contribution is -0.304. The van der Waals surface area contributed by atoms with E-state index in [1.807, 2.05) is 0 Å². The lowest BCUT2D eigenvalue weighted by atomic mass is 10.1. The number of carboxylic acid groups (broad SMARTS) is 1. The molecular weight excluding hydrogens is 226 g/mol. The Hall–Kier alpha value is -2.11. The molecule has 0 aliphatic rings. The second kappa shape index (κ2) is 4.82. The first-order chi connectivity index (χ1) is 7.88. The molecule has 17 heavy (non-hydrogen) atoms. The Balaban J connectivity index is 3.36. The Labute approximate surface area is 97.6 Å². The molecule has 0 unspecified atom stereocenters. The highest BCUT2D eigenvalue weighted by atomic mass is 16.5. The first-order valence-electron chi connectivity index (χ1n) is 4.89. The molecular formula is C11H12NO5-. The van der Waals surface area contributed by atoms with Gasteiger partial charge in [-0.25, -0.2) is 4.79 Å². The number of nitrogens with one attached hydrogen (secondary N) is 1. The fraction of sp³-hybridized carbons (Fsp3) is 0.364. The fourth-order valence-electron chi connectivity index (χ4n) is 1.67. The minimum absolute atomic E-state index is 0.0851. The maximum absolute atomic E-state index is 11.5. The monoisotopic (exact) mass is 238 g/mol. The van der Waals surface area contributed by atoms with Crippen molar-refractivity contribution in [1.82, 2.24) is 4.98 Å². The zero-order valence-electron chi connectivity index (χ0n) is 9.75. The molecule has 0 aliphatic heterocycles. The van der Waals surface area contributed by atoms with Crippen LogP contribution >= 0.6 is 0 Å². The van der Waals surface area contributed by atoms with Crippen molar-refractivity contribution in [3.05, 3.63) is 22.5 Å². The Kier molecular flexibility index (Phi) is 3.67. The van der Waals surface area contributed by atoms with Crippen LogP contribution in [-0.2, 0) is 16.0 Å². The number of ketones is 1. The van der Waals surface area contributed by atoms with Gasteiger partial charge < -0.3 is 19.6 Å². The number of aromatic nitrogens is 1. The average molecular weight is 238 g/mol. The van der Waals surface area contributed by atoms with E-state index in [4.69, 9.17) is 0 Å². The molecule has 0 aromatic carbocycles. The molecule has 1 N–H and O–H groups in total. The van der Waals surface area contributed by atoms with Crippen molar-refractivity contribution in [2.24, 2.45) is 0 Å². The van der Waals surface area contributed by atoms with Crippen LogP contribution in [0.1, 0.15) is 39.0 Å². The highest BCUT2D eigenvalue weighted by molar-refractivity contribution is 6.01. The van der Waals surface area contributed by atoms with Gasteiger partial charge in [-0.05, 0) is 12.5 Å². The second-order valence-corrected chi connectivity index (χ2v) is 3.58. The molecule has 0 fully saturated rings. The van der Waals surface area contributed by atoms with Crippen LogP contribution in [0.3, 0.4) is 0 Å². The van der Waals surface area contributed by atoms with Gasteiger partial charge in [-0.3, -0.25) is 4.79 Å². The number of carboxylic acids is 1. The van der Waals surface area contributed by atoms with Crippen LogP contribution < -0.4 is 5.11 Å². The SMILES string of the molecule is COC(=O)c1c(CC(=O)[O-])[nH]c(C(C)=O)c1C. The molecule has 0 bridgehead atoms. The number of hydrogen-bond acceptors (Lipinski definition) is 5. The number of aliphatic carboxylic acids is 1. The quantitative estimate of drug-likeness (QED) is 0.568. The lowest BCUT2D eigenvalue weighted by Gasteiger charge is -2.03. The number of hydrogen-bond donors (Lipinski definition) is 1. The smallest absolute Gasteiger partial charge is 0.339 e. The molecule has 0 amide bonds. The lowest BCUT2D eigenvalue weighted by Crippen LogP contribution is -2.25. The first-order valence-corrected chi connectivity index (χ1v) is 4.89. The first kappa shape index (κ1) is 13.0. The Morgan fingerprint density at radius 1 is 1.35 bits per heavy atom. The minimum atomic E-state index is -1.34. The molecule has 0 saturated carbocycles. The van der Waals surface area contributed by atoms with Crippen LogP contribution in [0.5, 0.6) is 0 Å². The van der Waals surface area contributed by atoms with Gasteiger partial charge in [0.25, 0.3) is 0 Å². The number of esters is 1. The van der Waals surface area contributed by atoms with Gasteiger partial charge in [-0.15, -0.1) is 0 Å². The summed E-state index contributed by atoms with van der Waals surface area (Å²) in [6.07, 6.45) is -0.474. The zero-order valence-corrected chi connectivity index (χ0v) is 9.75. The Bertz CT molecular complexity index is 486. The summed E-state index contributed by atoms with van der Waals surface area (Å²) in [6.45, 7) is 2.88. The van der Waals surface area contributed by atoms with E-state index in [0.29, 0.717) is 5.56 Å². The third-order valence-corrected chi connectivity index (χ3v) is 2.39. The van der Waals surface area contributed by atoms with Crippen molar-refractivity contribution in [3.8, 4) is 0 Å². The highest BCUT2D eigenvalue weighted by Gasteiger charge is 2.22. The second-order valence-electron chi connectivity index (χ2n) is 3.58. The molecule has 0 aliphatic carbocycles. The van der Waals surface area contributed by atoms with Crippen LogP contribution in [0.2, 0.25) is 0 Å². The summed E-state index contributed by atoms with van der Waals surface area (Å²) in [5.41, 5.74) is 0.809. The molecule has 1 heterocycles. The van der Waals surface area contributed by atoms with Gasteiger partial charge in [0.05, 0.1) is 18.4 Å². The van der Waals surface area contributed by atoms with Gasteiger partial charge in [0.1, 0.15) is 0 Å². The molecule has 0 atom stereocenters. The minimum Gasteiger partial charge on any atom is -0.550 e. The van der Waals surface area contributed by atoms with Crippen LogP contribution in [0.4, 0.5) is 0 Å². The van der Waals surface area contributed by atoms with E-state index < -0.39 is 18.4 Å². The molecule has 6 heteroatoms. The number of aromatic amines is 1. The molecule has 0 spiro atoms. The number of H-pyrrole nitrogens is 1. The van der Waals surface area contributed by atoms with Gasteiger partial charge in [-0.1, -0.05) is 0 Å². The van der Waals surface area contributed by atoms with Crippen LogP contribution in [0, 0.1) is 6.92 Å². The predicted molar refractivity (Wildman–Crippen MR) is 55.6 cm³/mol. The van der Waals surface area contributed by atoms with E-state index >= 15 is 0 Å². The summed E-state index contributed by atoms with van der Waals surface area (Å²) in [5, 5.41) is 10.6. The third-order valence-electron chi connectivity index (χ3n) is 2.39. The van der Waals surface area contributed by atoms with Crippen molar-refractivity contribution in [2.45, 2.75) is 20.3 Å². The van der Waals surface area contributed by atoms with E-state index in [2.05, 4.69) is 9.72 Å². The van der Waals surface area contributed by atoms with E-state index in [9.17, 15) is 19.5 Å². The number of methoxy groups -OCH3 is 1. The number of rotatable bonds is 4. The van der Waals surface area contributed by atoms with Gasteiger partial charge in [0.15, 0.2) is 5.78 Å². The van der Waals surface area contributed by atoms with Gasteiger partial charge in [0.2, 0.25) is 0 Å². The zero-order chi connectivity index (χ0) is 13.2. The molecule has 1 aromatic rings. The molecule has 0 saturated heterocycles. The maximum Gasteiger partial charge on any atom is 0.339 e. The molecule has 6 nitrogen and oxygen atoms in total. The van der Waals surface area contributed by atoms with Gasteiger partial charge in [-0.2, -0.15) is 0 Å². The van der Waals surface area contributed by atoms with E-state index in [0.717, 1.165) is 0 Å². The standard InChI is InChI=1S/C11H13NO5/c1-5-9(11(16)17-3)7(4-8(14)15)12-10(5)6(2)13/h12H,4H2,1-3H3,(H,14,15)/p-1. The van der Waals surface area contributed by atoms with Crippen molar-refractivity contribution in [1.29, 1.82) is 0 Å². The van der Waals surface area contributed by atoms with Crippen molar-refractivity contribution >= 4 is 17.7 Å². The van der Waals surface area contributed by atoms with Crippen molar-refractivity contribution < 1.29 is 24.2 Å². The van der Waals surface area contributed by atoms with Crippen LogP contribution in [0.15, 0.2) is 0 Å². The summed E-state index contributed by atoms with van der Waals surface area (Å²) in [5.74, 6) is -2.30. The normalized spacial score (nSPS) is 10.1. The van der Waals surface area contributed by atoms with Crippen LogP contribution in [0.25, 0.3) is 0 Å². The highest BCUT2D eigenvalue weighted by Crippen LogP contribution is 2.20. The molecule has 0 radical (unpaired) electrons. The molecule has 1 aromatic heterocycles. The number of ether oxygens (including phenoxy) is 1. The third kappa shape index (κ3) is 2.52. The molecule has 92 valence electrons. The summed E-state index contributed by atoms with van der Waals surface area (Å²) in [4.78, 5) is 36.0. The van der Waals surface area contributed by atoms with E-state index in [-0.39, 0.29) is 22.7 Å². The predicted octanol–water partition coefficient (Wildman–Crippen LogP) is -0.395. The average Bonchev–Trinajstić information content (AvgIpc) is 2.54. The summed E-state index contributed by atoms with van der Waals surface area (Å²) in [6, 6.07) is 0. The van der Waals surface area contributed by atoms with Crippen molar-refractivity contribution in [3.63, 3.8) is 0 Å². The number of carbonyl (C=O) groups is 3. The summed E-state index contributed by atoms with van der Waals surface area (Å²) < 4.78 is 4.55. The summed E-state index contributed by atoms with van der Waals surface area (Å²) >= 11 is 0. The van der Waals surface area contributed by atoms with Gasteiger partial charge in [0, 0.05) is 25.0 Å². The van der Waals surface area contributed by atoms with Gasteiger partial charge >= 0.3 is 5.97 Å². The topological polar surface area (TPSA) is 99.3 Å². The molecule has 1 rings (SSSR count). The Morgan fingerprint density at radius 2 is 1.94 bits per heavy atom. The maximum atomic E-state index is 11.5. The largest absolute Gasteiger partial charge is 0.550 e.